The third kappa shape index (κ3) is 3.22. The van der Waals surface area contributed by atoms with Gasteiger partial charge in [-0.05, 0) is 47.4 Å². The fourth-order valence-electron chi connectivity index (χ4n) is 1.93. The van der Waals surface area contributed by atoms with E-state index in [2.05, 4.69) is 26.6 Å². The highest BCUT2D eigenvalue weighted by Gasteiger charge is 2.19. The average molecular weight is 336 g/mol. The Bertz CT molecular complexity index is 464. The van der Waals surface area contributed by atoms with Crippen molar-refractivity contribution >= 4 is 33.4 Å². The highest BCUT2D eigenvalue weighted by atomic mass is 79.9. The Morgan fingerprint density at radius 1 is 1.56 bits per heavy atom. The average Bonchev–Trinajstić information content (AvgIpc) is 2.35. The number of benzene rings is 1. The van der Waals surface area contributed by atoms with E-state index in [1.54, 1.807) is 0 Å². The summed E-state index contributed by atoms with van der Waals surface area (Å²) in [6, 6.07) is 2.60. The number of carbonyl (C=O) groups excluding carboxylic acids is 1. The first-order chi connectivity index (χ1) is 8.58. The summed E-state index contributed by atoms with van der Waals surface area (Å²) in [6.07, 6.45) is 1.92. The van der Waals surface area contributed by atoms with E-state index in [0.29, 0.717) is 4.47 Å². The second-order valence-corrected chi connectivity index (χ2v) is 5.52. The van der Waals surface area contributed by atoms with Crippen LogP contribution in [0.25, 0.3) is 0 Å². The Balaban J connectivity index is 2.10. The van der Waals surface area contributed by atoms with Crippen molar-refractivity contribution in [3.8, 4) is 0 Å². The number of halogens is 3. The molecule has 0 unspecified atom stereocenters. The van der Waals surface area contributed by atoms with Crippen molar-refractivity contribution in [1.82, 2.24) is 10.6 Å². The molecule has 0 saturated carbocycles. The van der Waals surface area contributed by atoms with Crippen LogP contribution in [0.15, 0.2) is 16.6 Å². The molecule has 0 aromatic heterocycles. The second-order valence-electron chi connectivity index (χ2n) is 4.26. The van der Waals surface area contributed by atoms with Crippen LogP contribution in [0.1, 0.15) is 23.2 Å². The Hall–Kier alpha value is -0.650. The molecule has 1 heterocycles. The van der Waals surface area contributed by atoms with Gasteiger partial charge < -0.3 is 10.6 Å². The normalized spacial score (nSPS) is 19.6. The quantitative estimate of drug-likeness (QED) is 0.816. The third-order valence-corrected chi connectivity index (χ3v) is 4.08. The summed E-state index contributed by atoms with van der Waals surface area (Å²) < 4.78 is 14.2. The van der Waals surface area contributed by atoms with Gasteiger partial charge in [-0.15, -0.1) is 0 Å². The van der Waals surface area contributed by atoms with Gasteiger partial charge in [0.2, 0.25) is 0 Å². The molecule has 0 aliphatic carbocycles. The summed E-state index contributed by atoms with van der Waals surface area (Å²) >= 11 is 8.94. The van der Waals surface area contributed by atoms with Gasteiger partial charge in [0, 0.05) is 17.1 Å². The second kappa shape index (κ2) is 5.99. The molecule has 1 aromatic rings. The number of piperidine rings is 1. The zero-order valence-corrected chi connectivity index (χ0v) is 11.9. The number of rotatable bonds is 2. The summed E-state index contributed by atoms with van der Waals surface area (Å²) in [5.74, 6) is -1.01. The Labute approximate surface area is 118 Å². The van der Waals surface area contributed by atoms with Crippen molar-refractivity contribution in [2.75, 3.05) is 13.1 Å². The lowest BCUT2D eigenvalue weighted by atomic mass is 10.1. The van der Waals surface area contributed by atoms with E-state index in [1.807, 2.05) is 0 Å². The van der Waals surface area contributed by atoms with E-state index in [0.717, 1.165) is 32.0 Å². The van der Waals surface area contributed by atoms with E-state index in [9.17, 15) is 9.18 Å². The maximum Gasteiger partial charge on any atom is 0.254 e. The van der Waals surface area contributed by atoms with Crippen LogP contribution in [-0.4, -0.2) is 25.0 Å². The predicted molar refractivity (Wildman–Crippen MR) is 72.5 cm³/mol. The van der Waals surface area contributed by atoms with Gasteiger partial charge in [-0.3, -0.25) is 4.79 Å². The van der Waals surface area contributed by atoms with Crippen molar-refractivity contribution in [2.24, 2.45) is 0 Å². The van der Waals surface area contributed by atoms with Gasteiger partial charge in [0.15, 0.2) is 0 Å². The summed E-state index contributed by atoms with van der Waals surface area (Å²) in [4.78, 5) is 12.0. The molecule has 0 radical (unpaired) electrons. The molecule has 1 atom stereocenters. The van der Waals surface area contributed by atoms with E-state index in [-0.39, 0.29) is 16.6 Å². The minimum atomic E-state index is -0.607. The molecular weight excluding hydrogens is 322 g/mol. The molecule has 1 fully saturated rings. The van der Waals surface area contributed by atoms with Gasteiger partial charge in [0.05, 0.1) is 10.6 Å². The van der Waals surface area contributed by atoms with Gasteiger partial charge in [-0.1, -0.05) is 11.6 Å². The largest absolute Gasteiger partial charge is 0.348 e. The standard InChI is InChI=1S/C12H13BrClFN2O/c13-9-4-8(11(15)5-10(9)14)12(18)17-7-2-1-3-16-6-7/h4-5,7,16H,1-3,6H2,(H,17,18)/t7-/m0/s1. The first-order valence-corrected chi connectivity index (χ1v) is 6.91. The lowest BCUT2D eigenvalue weighted by Crippen LogP contribution is -2.45. The topological polar surface area (TPSA) is 41.1 Å². The third-order valence-electron chi connectivity index (χ3n) is 2.89. The molecule has 3 nitrogen and oxygen atoms in total. The van der Waals surface area contributed by atoms with Gasteiger partial charge in [0.1, 0.15) is 5.82 Å². The molecule has 98 valence electrons. The van der Waals surface area contributed by atoms with Crippen LogP contribution in [0.2, 0.25) is 5.02 Å². The Morgan fingerprint density at radius 2 is 2.33 bits per heavy atom. The summed E-state index contributed by atoms with van der Waals surface area (Å²) in [5.41, 5.74) is 0.0110. The molecule has 2 rings (SSSR count). The fraction of sp³-hybridized carbons (Fsp3) is 0.417. The lowest BCUT2D eigenvalue weighted by Gasteiger charge is -2.23. The zero-order valence-electron chi connectivity index (χ0n) is 9.60. The van der Waals surface area contributed by atoms with Gasteiger partial charge >= 0.3 is 0 Å². The van der Waals surface area contributed by atoms with Crippen LogP contribution in [-0.2, 0) is 0 Å². The number of hydrogen-bond acceptors (Lipinski definition) is 2. The number of nitrogens with one attached hydrogen (secondary N) is 2. The molecular formula is C12H13BrClFN2O. The summed E-state index contributed by atoms with van der Waals surface area (Å²) in [7, 11) is 0. The fourth-order valence-corrected chi connectivity index (χ4v) is 2.43. The van der Waals surface area contributed by atoms with E-state index >= 15 is 0 Å². The molecule has 1 saturated heterocycles. The maximum absolute atomic E-state index is 13.7. The van der Waals surface area contributed by atoms with Crippen LogP contribution >= 0.6 is 27.5 Å². The molecule has 1 aliphatic rings. The van der Waals surface area contributed by atoms with Gasteiger partial charge in [-0.2, -0.15) is 0 Å². The zero-order chi connectivity index (χ0) is 13.1. The van der Waals surface area contributed by atoms with E-state index in [4.69, 9.17) is 11.6 Å². The van der Waals surface area contributed by atoms with Crippen LogP contribution in [0.5, 0.6) is 0 Å². The molecule has 1 amide bonds. The Morgan fingerprint density at radius 3 is 3.00 bits per heavy atom. The number of amides is 1. The number of carbonyl (C=O) groups is 1. The summed E-state index contributed by atoms with van der Waals surface area (Å²) in [5, 5.41) is 6.26. The molecule has 6 heteroatoms. The molecule has 0 bridgehead atoms. The first kappa shape index (κ1) is 13.8. The molecule has 1 aromatic carbocycles. The van der Waals surface area contributed by atoms with E-state index < -0.39 is 11.7 Å². The van der Waals surface area contributed by atoms with Crippen molar-refractivity contribution in [3.63, 3.8) is 0 Å². The van der Waals surface area contributed by atoms with Crippen molar-refractivity contribution in [2.45, 2.75) is 18.9 Å². The van der Waals surface area contributed by atoms with Crippen LogP contribution in [0.4, 0.5) is 4.39 Å². The van der Waals surface area contributed by atoms with Crippen LogP contribution in [0, 0.1) is 5.82 Å². The number of hydrogen-bond donors (Lipinski definition) is 2. The summed E-state index contributed by atoms with van der Waals surface area (Å²) in [6.45, 7) is 1.69. The van der Waals surface area contributed by atoms with Crippen molar-refractivity contribution < 1.29 is 9.18 Å². The van der Waals surface area contributed by atoms with Crippen LogP contribution in [0.3, 0.4) is 0 Å². The highest BCUT2D eigenvalue weighted by molar-refractivity contribution is 9.10. The molecule has 2 N–H and O–H groups in total. The first-order valence-electron chi connectivity index (χ1n) is 5.74. The van der Waals surface area contributed by atoms with Gasteiger partial charge in [0.25, 0.3) is 5.91 Å². The Kier molecular flexibility index (Phi) is 4.59. The smallest absolute Gasteiger partial charge is 0.254 e. The highest BCUT2D eigenvalue weighted by Crippen LogP contribution is 2.25. The van der Waals surface area contributed by atoms with Gasteiger partial charge in [-0.25, -0.2) is 4.39 Å². The SMILES string of the molecule is O=C(N[C@H]1CCCNC1)c1cc(Br)c(Cl)cc1F. The van der Waals surface area contributed by atoms with Crippen molar-refractivity contribution in [3.05, 3.63) is 33.0 Å². The minimum absolute atomic E-state index is 0.0110. The molecule has 0 spiro atoms. The molecule has 18 heavy (non-hydrogen) atoms. The monoisotopic (exact) mass is 334 g/mol. The van der Waals surface area contributed by atoms with Crippen LogP contribution < -0.4 is 10.6 Å². The minimum Gasteiger partial charge on any atom is -0.348 e. The predicted octanol–water partition coefficient (Wildman–Crippen LogP) is 2.72. The maximum atomic E-state index is 13.7. The van der Waals surface area contributed by atoms with Crippen molar-refractivity contribution in [1.29, 1.82) is 0 Å². The molecule has 1 aliphatic heterocycles. The van der Waals surface area contributed by atoms with E-state index in [1.165, 1.54) is 6.07 Å². The lowest BCUT2D eigenvalue weighted by molar-refractivity contribution is 0.0926.